The Balaban J connectivity index is 2.05. The maximum absolute atomic E-state index is 4.03. The number of hydrogen-bond donors (Lipinski definition) is 0. The van der Waals surface area contributed by atoms with Gasteiger partial charge in [0.05, 0.1) is 0 Å². The fourth-order valence-electron chi connectivity index (χ4n) is 5.67. The third kappa shape index (κ3) is 4.03. The summed E-state index contributed by atoms with van der Waals surface area (Å²) >= 11 is 0. The minimum atomic E-state index is 0.617. The van der Waals surface area contributed by atoms with Crippen LogP contribution >= 0.6 is 0 Å². The molecular formula is C22H41N. The molecule has 2 fully saturated rings. The largest absolute Gasteiger partial charge is 0.297 e. The first-order valence-electron chi connectivity index (χ1n) is 10.3. The molecule has 0 aromatic heterocycles. The Morgan fingerprint density at radius 3 is 2.30 bits per heavy atom. The summed E-state index contributed by atoms with van der Waals surface area (Å²) in [5.41, 5.74) is 0.617. The van der Waals surface area contributed by atoms with Crippen LogP contribution in [0.25, 0.3) is 0 Å². The van der Waals surface area contributed by atoms with Crippen molar-refractivity contribution >= 4 is 0 Å². The van der Waals surface area contributed by atoms with Crippen LogP contribution in [-0.2, 0) is 0 Å². The molecule has 1 saturated heterocycles. The topological polar surface area (TPSA) is 3.24 Å². The van der Waals surface area contributed by atoms with Gasteiger partial charge >= 0.3 is 0 Å². The van der Waals surface area contributed by atoms with Crippen molar-refractivity contribution in [2.45, 2.75) is 98.1 Å². The predicted octanol–water partition coefficient (Wildman–Crippen LogP) is 6.29. The Morgan fingerprint density at radius 1 is 1.17 bits per heavy atom. The van der Waals surface area contributed by atoms with E-state index in [4.69, 9.17) is 0 Å². The Kier molecular flexibility index (Phi) is 6.77. The maximum atomic E-state index is 4.03. The highest BCUT2D eigenvalue weighted by Crippen LogP contribution is 2.51. The molecule has 1 aliphatic carbocycles. The highest BCUT2D eigenvalue weighted by molar-refractivity contribution is 5.00. The van der Waals surface area contributed by atoms with E-state index in [1.165, 1.54) is 57.9 Å². The second-order valence-electron chi connectivity index (χ2n) is 8.89. The first kappa shape index (κ1) is 19.0. The Morgan fingerprint density at radius 2 is 1.83 bits per heavy atom. The Labute approximate surface area is 145 Å². The van der Waals surface area contributed by atoms with Crippen LogP contribution in [0.4, 0.5) is 0 Å². The minimum absolute atomic E-state index is 0.617. The molecule has 1 heterocycles. The van der Waals surface area contributed by atoms with Crippen molar-refractivity contribution in [2.24, 2.45) is 23.2 Å². The monoisotopic (exact) mass is 319 g/mol. The highest BCUT2D eigenvalue weighted by atomic mass is 15.2. The Bertz CT molecular complexity index is 368. The van der Waals surface area contributed by atoms with E-state index in [-0.39, 0.29) is 0 Å². The van der Waals surface area contributed by atoms with Gasteiger partial charge in [0.2, 0.25) is 0 Å². The number of hydrogen-bond acceptors (Lipinski definition) is 1. The van der Waals surface area contributed by atoms with Crippen LogP contribution < -0.4 is 0 Å². The fourth-order valence-corrected chi connectivity index (χ4v) is 5.67. The van der Waals surface area contributed by atoms with Crippen LogP contribution in [0.5, 0.6) is 0 Å². The van der Waals surface area contributed by atoms with Gasteiger partial charge in [-0.1, -0.05) is 59.5 Å². The van der Waals surface area contributed by atoms with E-state index in [2.05, 4.69) is 52.2 Å². The van der Waals surface area contributed by atoms with Gasteiger partial charge in [0.25, 0.3) is 0 Å². The van der Waals surface area contributed by atoms with Gasteiger partial charge in [0, 0.05) is 18.6 Å². The molecule has 134 valence electrons. The molecule has 1 saturated carbocycles. The van der Waals surface area contributed by atoms with Crippen molar-refractivity contribution in [1.82, 2.24) is 4.90 Å². The van der Waals surface area contributed by atoms with Crippen molar-refractivity contribution in [3.63, 3.8) is 0 Å². The van der Waals surface area contributed by atoms with Crippen molar-refractivity contribution in [3.8, 4) is 0 Å². The molecule has 23 heavy (non-hydrogen) atoms. The van der Waals surface area contributed by atoms with Crippen LogP contribution in [0, 0.1) is 23.2 Å². The molecule has 5 unspecified atom stereocenters. The molecule has 0 bridgehead atoms. The summed E-state index contributed by atoms with van der Waals surface area (Å²) in [6.45, 7) is 17.6. The molecule has 1 nitrogen and oxygen atoms in total. The third-order valence-electron chi connectivity index (χ3n) is 7.44. The van der Waals surface area contributed by atoms with E-state index in [9.17, 15) is 0 Å². The second-order valence-corrected chi connectivity index (χ2v) is 8.89. The lowest BCUT2D eigenvalue weighted by Crippen LogP contribution is -2.58. The molecule has 0 spiro atoms. The molecule has 1 heteroatoms. The van der Waals surface area contributed by atoms with Crippen LogP contribution in [-0.4, -0.2) is 23.5 Å². The maximum Gasteiger partial charge on any atom is 0.0170 e. The zero-order chi connectivity index (χ0) is 17.0. The standard InChI is InChI=1S/C22H41N/c1-7-11-17(3)16-22(13-9-10-14-22)19(5)20(6)23-15-12-21(23)18(4)8-2/h8,17-21H,2,7,9-16H2,1,3-6H3. The number of rotatable bonds is 9. The molecule has 0 radical (unpaired) electrons. The van der Waals surface area contributed by atoms with Gasteiger partial charge in [-0.3, -0.25) is 4.90 Å². The average molecular weight is 320 g/mol. The molecular weight excluding hydrogens is 278 g/mol. The van der Waals surface area contributed by atoms with Gasteiger partial charge < -0.3 is 0 Å². The minimum Gasteiger partial charge on any atom is -0.297 e. The van der Waals surface area contributed by atoms with Gasteiger partial charge in [-0.2, -0.15) is 0 Å². The van der Waals surface area contributed by atoms with Crippen molar-refractivity contribution in [2.75, 3.05) is 6.54 Å². The zero-order valence-electron chi connectivity index (χ0n) is 16.5. The van der Waals surface area contributed by atoms with Crippen LogP contribution in [0.1, 0.15) is 86.0 Å². The van der Waals surface area contributed by atoms with E-state index >= 15 is 0 Å². The molecule has 5 atom stereocenters. The quantitative estimate of drug-likeness (QED) is 0.451. The molecule has 0 aromatic carbocycles. The van der Waals surface area contributed by atoms with Crippen molar-refractivity contribution in [1.29, 1.82) is 0 Å². The summed E-state index contributed by atoms with van der Waals surface area (Å²) in [6, 6.07) is 1.47. The van der Waals surface area contributed by atoms with E-state index in [0.717, 1.165) is 23.9 Å². The normalized spacial score (nSPS) is 29.5. The molecule has 0 aromatic rings. The first-order chi connectivity index (χ1) is 10.9. The summed E-state index contributed by atoms with van der Waals surface area (Å²) in [7, 11) is 0. The molecule has 2 aliphatic rings. The number of likely N-dealkylation sites (tertiary alicyclic amines) is 1. The summed E-state index contributed by atoms with van der Waals surface area (Å²) < 4.78 is 0. The highest BCUT2D eigenvalue weighted by Gasteiger charge is 2.45. The molecule has 0 amide bonds. The van der Waals surface area contributed by atoms with Crippen LogP contribution in [0.3, 0.4) is 0 Å². The van der Waals surface area contributed by atoms with Crippen molar-refractivity contribution in [3.05, 3.63) is 12.7 Å². The van der Waals surface area contributed by atoms with Gasteiger partial charge in [-0.25, -0.2) is 0 Å². The lowest BCUT2D eigenvalue weighted by molar-refractivity contribution is -0.0318. The van der Waals surface area contributed by atoms with E-state index in [0.29, 0.717) is 11.3 Å². The van der Waals surface area contributed by atoms with Crippen molar-refractivity contribution < 1.29 is 0 Å². The van der Waals surface area contributed by atoms with E-state index in [1.54, 1.807) is 0 Å². The van der Waals surface area contributed by atoms with Gasteiger partial charge in [0.15, 0.2) is 0 Å². The summed E-state index contributed by atoms with van der Waals surface area (Å²) in [5.74, 6) is 2.35. The second kappa shape index (κ2) is 8.19. The van der Waals surface area contributed by atoms with E-state index < -0.39 is 0 Å². The average Bonchev–Trinajstić information content (AvgIpc) is 2.94. The van der Waals surface area contributed by atoms with Crippen LogP contribution in [0.15, 0.2) is 12.7 Å². The van der Waals surface area contributed by atoms with E-state index in [1.807, 2.05) is 0 Å². The summed E-state index contributed by atoms with van der Waals surface area (Å²) in [5, 5.41) is 0. The lowest BCUT2D eigenvalue weighted by atomic mass is 9.65. The van der Waals surface area contributed by atoms with Gasteiger partial charge in [-0.05, 0) is 55.8 Å². The van der Waals surface area contributed by atoms with Gasteiger partial charge in [-0.15, -0.1) is 6.58 Å². The lowest BCUT2D eigenvalue weighted by Gasteiger charge is -2.52. The van der Waals surface area contributed by atoms with Gasteiger partial charge in [0.1, 0.15) is 0 Å². The Hall–Kier alpha value is -0.300. The zero-order valence-corrected chi connectivity index (χ0v) is 16.5. The van der Waals surface area contributed by atoms with Crippen LogP contribution in [0.2, 0.25) is 0 Å². The molecule has 1 aliphatic heterocycles. The predicted molar refractivity (Wildman–Crippen MR) is 103 cm³/mol. The number of nitrogens with zero attached hydrogens (tertiary/aromatic N) is 1. The third-order valence-corrected chi connectivity index (χ3v) is 7.44. The first-order valence-corrected chi connectivity index (χ1v) is 10.3. The fraction of sp³-hybridized carbons (Fsp3) is 0.909. The molecule has 2 rings (SSSR count). The molecule has 0 N–H and O–H groups in total. The smallest absolute Gasteiger partial charge is 0.0170 e. The summed E-state index contributed by atoms with van der Waals surface area (Å²) in [6.07, 6.45) is 13.6. The summed E-state index contributed by atoms with van der Waals surface area (Å²) in [4.78, 5) is 2.79. The SMILES string of the molecule is C=CC(C)C1CCN1C(C)C(C)C1(CC(C)CCC)CCCC1.